The molecule has 0 spiro atoms. The first-order valence-electron chi connectivity index (χ1n) is 5.83. The summed E-state index contributed by atoms with van der Waals surface area (Å²) in [5.74, 6) is 0.501. The number of nitrogens with zero attached hydrogens (tertiary/aromatic N) is 1. The lowest BCUT2D eigenvalue weighted by Crippen LogP contribution is -2.37. The number of aromatic nitrogens is 1. The number of benzene rings is 1. The summed E-state index contributed by atoms with van der Waals surface area (Å²) < 4.78 is 1.20. The Morgan fingerprint density at radius 3 is 3.18 bits per heavy atom. The number of piperidine rings is 1. The summed E-state index contributed by atoms with van der Waals surface area (Å²) in [5.41, 5.74) is 4.06. The molecular weight excluding hydrogens is 232 g/mol. The lowest BCUT2D eigenvalue weighted by Gasteiger charge is -2.27. The third-order valence-corrected chi connectivity index (χ3v) is 4.19. The van der Waals surface area contributed by atoms with E-state index >= 15 is 0 Å². The molecule has 0 unspecified atom stereocenters. The number of hydrogen-bond acceptors (Lipinski definition) is 4. The second kappa shape index (κ2) is 4.20. The van der Waals surface area contributed by atoms with Crippen LogP contribution in [-0.4, -0.2) is 17.3 Å². The van der Waals surface area contributed by atoms with Crippen LogP contribution in [0.3, 0.4) is 0 Å². The van der Waals surface area contributed by atoms with Crippen molar-refractivity contribution in [3.63, 3.8) is 0 Å². The van der Waals surface area contributed by atoms with Crippen molar-refractivity contribution >= 4 is 27.3 Å². The highest BCUT2D eigenvalue weighted by atomic mass is 32.1. The molecule has 1 saturated heterocycles. The number of carbonyl (C=O) groups is 1. The van der Waals surface area contributed by atoms with Crippen LogP contribution in [0.2, 0.25) is 0 Å². The minimum absolute atomic E-state index is 0.147. The van der Waals surface area contributed by atoms with E-state index in [1.165, 1.54) is 10.3 Å². The summed E-state index contributed by atoms with van der Waals surface area (Å²) in [7, 11) is 0. The molecule has 1 fully saturated rings. The molecule has 1 aliphatic heterocycles. The number of nitrogens with one attached hydrogen (secondary N) is 1. The summed E-state index contributed by atoms with van der Waals surface area (Å²) >= 11 is 1.65. The SMILES string of the molecule is C[C@@H]1CN[C@@H](c2ccc3scnc3c2)CC1=O. The zero-order valence-electron chi connectivity index (χ0n) is 9.64. The Kier molecular flexibility index (Phi) is 2.68. The van der Waals surface area contributed by atoms with Crippen molar-refractivity contribution in [1.29, 1.82) is 0 Å². The van der Waals surface area contributed by atoms with Gasteiger partial charge in [0.1, 0.15) is 5.78 Å². The van der Waals surface area contributed by atoms with E-state index in [1.807, 2.05) is 12.4 Å². The van der Waals surface area contributed by atoms with Crippen molar-refractivity contribution < 1.29 is 4.79 Å². The zero-order valence-corrected chi connectivity index (χ0v) is 10.5. The average molecular weight is 246 g/mol. The van der Waals surface area contributed by atoms with Gasteiger partial charge in [-0.05, 0) is 17.7 Å². The molecule has 0 saturated carbocycles. The van der Waals surface area contributed by atoms with Crippen LogP contribution >= 0.6 is 11.3 Å². The standard InChI is InChI=1S/C13H14N2OS/c1-8-6-14-10(5-12(8)16)9-2-3-13-11(4-9)15-7-17-13/h2-4,7-8,10,14H,5-6H2,1H3/t8-,10-/m1/s1. The zero-order chi connectivity index (χ0) is 11.8. The number of carbonyl (C=O) groups excluding carboxylic acids is 1. The fourth-order valence-electron chi connectivity index (χ4n) is 2.23. The van der Waals surface area contributed by atoms with Crippen LogP contribution in [0.1, 0.15) is 24.9 Å². The third kappa shape index (κ3) is 1.98. The summed E-state index contributed by atoms with van der Waals surface area (Å²) in [4.78, 5) is 16.1. The predicted octanol–water partition coefficient (Wildman–Crippen LogP) is 2.54. The van der Waals surface area contributed by atoms with Crippen LogP contribution in [0.4, 0.5) is 0 Å². The molecule has 1 N–H and O–H groups in total. The van der Waals surface area contributed by atoms with Gasteiger partial charge in [0.2, 0.25) is 0 Å². The average Bonchev–Trinajstić information content (AvgIpc) is 2.79. The van der Waals surface area contributed by atoms with Gasteiger partial charge in [0.15, 0.2) is 0 Å². The van der Waals surface area contributed by atoms with Gasteiger partial charge in [-0.15, -0.1) is 11.3 Å². The van der Waals surface area contributed by atoms with Gasteiger partial charge < -0.3 is 5.32 Å². The van der Waals surface area contributed by atoms with Crippen LogP contribution in [0.5, 0.6) is 0 Å². The van der Waals surface area contributed by atoms with Crippen molar-refractivity contribution in [2.75, 3.05) is 6.54 Å². The van der Waals surface area contributed by atoms with Gasteiger partial charge in [0, 0.05) is 24.9 Å². The topological polar surface area (TPSA) is 42.0 Å². The van der Waals surface area contributed by atoms with Crippen LogP contribution in [0, 0.1) is 5.92 Å². The Morgan fingerprint density at radius 2 is 2.35 bits per heavy atom. The molecular formula is C13H14N2OS. The molecule has 1 aromatic carbocycles. The Morgan fingerprint density at radius 1 is 1.47 bits per heavy atom. The number of hydrogen-bond donors (Lipinski definition) is 1. The van der Waals surface area contributed by atoms with Crippen molar-refractivity contribution in [2.45, 2.75) is 19.4 Å². The first kappa shape index (κ1) is 10.9. The number of Topliss-reactive ketones (excluding diaryl/α,β-unsaturated/α-hetero) is 1. The quantitative estimate of drug-likeness (QED) is 0.840. The maximum Gasteiger partial charge on any atom is 0.138 e. The molecule has 88 valence electrons. The monoisotopic (exact) mass is 246 g/mol. The first-order chi connectivity index (χ1) is 8.24. The molecule has 17 heavy (non-hydrogen) atoms. The molecule has 0 amide bonds. The molecule has 2 aromatic rings. The summed E-state index contributed by atoms with van der Waals surface area (Å²) in [6.45, 7) is 2.76. The Bertz CT molecular complexity index is 563. The second-order valence-electron chi connectivity index (χ2n) is 4.61. The van der Waals surface area contributed by atoms with Gasteiger partial charge in [-0.25, -0.2) is 4.98 Å². The van der Waals surface area contributed by atoms with Gasteiger partial charge in [-0.3, -0.25) is 4.79 Å². The van der Waals surface area contributed by atoms with E-state index in [2.05, 4.69) is 28.5 Å². The first-order valence-corrected chi connectivity index (χ1v) is 6.71. The van der Waals surface area contributed by atoms with Crippen molar-refractivity contribution in [1.82, 2.24) is 10.3 Å². The molecule has 3 rings (SSSR count). The molecule has 4 heteroatoms. The van der Waals surface area contributed by atoms with Gasteiger partial charge >= 0.3 is 0 Å². The maximum atomic E-state index is 11.7. The van der Waals surface area contributed by atoms with Gasteiger partial charge in [-0.2, -0.15) is 0 Å². The highest BCUT2D eigenvalue weighted by Gasteiger charge is 2.25. The van der Waals surface area contributed by atoms with Gasteiger partial charge in [0.25, 0.3) is 0 Å². The number of fused-ring (bicyclic) bond motifs is 1. The molecule has 0 radical (unpaired) electrons. The fourth-order valence-corrected chi connectivity index (χ4v) is 2.89. The van der Waals surface area contributed by atoms with E-state index in [0.29, 0.717) is 12.2 Å². The van der Waals surface area contributed by atoms with Gasteiger partial charge in [0.05, 0.1) is 15.7 Å². The Balaban J connectivity index is 1.90. The minimum Gasteiger partial charge on any atom is -0.309 e. The Labute approximate surface area is 104 Å². The van der Waals surface area contributed by atoms with Crippen LogP contribution < -0.4 is 5.32 Å². The smallest absolute Gasteiger partial charge is 0.138 e. The highest BCUT2D eigenvalue weighted by molar-refractivity contribution is 7.16. The largest absolute Gasteiger partial charge is 0.309 e. The van der Waals surface area contributed by atoms with Crippen molar-refractivity contribution in [3.05, 3.63) is 29.3 Å². The number of thiazole rings is 1. The maximum absolute atomic E-state index is 11.7. The Hall–Kier alpha value is -1.26. The molecule has 1 aromatic heterocycles. The van der Waals surface area contributed by atoms with E-state index in [4.69, 9.17) is 0 Å². The van der Waals surface area contributed by atoms with E-state index in [0.717, 1.165) is 12.1 Å². The molecule has 3 nitrogen and oxygen atoms in total. The van der Waals surface area contributed by atoms with E-state index in [-0.39, 0.29) is 12.0 Å². The fraction of sp³-hybridized carbons (Fsp3) is 0.385. The molecule has 2 heterocycles. The van der Waals surface area contributed by atoms with Crippen molar-refractivity contribution in [2.24, 2.45) is 5.92 Å². The highest BCUT2D eigenvalue weighted by Crippen LogP contribution is 2.27. The van der Waals surface area contributed by atoms with E-state index in [1.54, 1.807) is 11.3 Å². The molecule has 0 aliphatic carbocycles. The normalized spacial score (nSPS) is 25.4. The van der Waals surface area contributed by atoms with Crippen LogP contribution in [0.25, 0.3) is 10.2 Å². The van der Waals surface area contributed by atoms with Crippen LogP contribution in [0.15, 0.2) is 23.7 Å². The van der Waals surface area contributed by atoms with E-state index < -0.39 is 0 Å². The molecule has 2 atom stereocenters. The van der Waals surface area contributed by atoms with E-state index in [9.17, 15) is 4.79 Å². The predicted molar refractivity (Wildman–Crippen MR) is 69.2 cm³/mol. The summed E-state index contributed by atoms with van der Waals surface area (Å²) in [6, 6.07) is 6.44. The lowest BCUT2D eigenvalue weighted by atomic mass is 9.91. The molecule has 1 aliphatic rings. The van der Waals surface area contributed by atoms with Crippen molar-refractivity contribution in [3.8, 4) is 0 Å². The molecule has 0 bridgehead atoms. The summed E-state index contributed by atoms with van der Waals surface area (Å²) in [5, 5.41) is 3.43. The van der Waals surface area contributed by atoms with Gasteiger partial charge in [-0.1, -0.05) is 13.0 Å². The third-order valence-electron chi connectivity index (χ3n) is 3.38. The second-order valence-corrected chi connectivity index (χ2v) is 5.50. The van der Waals surface area contributed by atoms with Crippen LogP contribution in [-0.2, 0) is 4.79 Å². The number of ketones is 1. The minimum atomic E-state index is 0.147. The lowest BCUT2D eigenvalue weighted by molar-refractivity contribution is -0.124. The summed E-state index contributed by atoms with van der Waals surface area (Å²) in [6.07, 6.45) is 0.594. The number of rotatable bonds is 1.